The fourth-order valence-electron chi connectivity index (χ4n) is 1.54. The van der Waals surface area contributed by atoms with E-state index >= 15 is 0 Å². The van der Waals surface area contributed by atoms with Gasteiger partial charge in [0, 0.05) is 12.5 Å². The van der Waals surface area contributed by atoms with Gasteiger partial charge in [-0.1, -0.05) is 0 Å². The lowest BCUT2D eigenvalue weighted by Crippen LogP contribution is -2.35. The lowest BCUT2D eigenvalue weighted by atomic mass is 10.1. The van der Waals surface area contributed by atoms with Crippen molar-refractivity contribution in [3.05, 3.63) is 0 Å². The minimum absolute atomic E-state index is 0.0530. The highest BCUT2D eigenvalue weighted by atomic mass is 16.4. The Balaban J connectivity index is 2.25. The number of carbonyl (C=O) groups is 2. The summed E-state index contributed by atoms with van der Waals surface area (Å²) in [7, 11) is 0. The third-order valence-corrected chi connectivity index (χ3v) is 2.25. The molecule has 0 aliphatic carbocycles. The van der Waals surface area contributed by atoms with E-state index in [1.54, 1.807) is 0 Å². The van der Waals surface area contributed by atoms with Crippen LogP contribution in [0.3, 0.4) is 0 Å². The van der Waals surface area contributed by atoms with Gasteiger partial charge in [-0.3, -0.25) is 9.59 Å². The Kier molecular flexibility index (Phi) is 3.25. The highest BCUT2D eigenvalue weighted by molar-refractivity contribution is 5.73. The summed E-state index contributed by atoms with van der Waals surface area (Å²) in [5.74, 6) is -1.68. The number of nitrogens with one attached hydrogen (secondary N) is 1. The van der Waals surface area contributed by atoms with Crippen LogP contribution in [0.5, 0.6) is 0 Å². The zero-order chi connectivity index (χ0) is 9.84. The second kappa shape index (κ2) is 4.23. The summed E-state index contributed by atoms with van der Waals surface area (Å²) in [6, 6.07) is -0.434. The molecule has 1 fully saturated rings. The molecule has 0 saturated carbocycles. The summed E-state index contributed by atoms with van der Waals surface area (Å²) in [4.78, 5) is 20.7. The minimum atomic E-state index is -0.849. The van der Waals surface area contributed by atoms with Crippen molar-refractivity contribution in [2.24, 2.45) is 0 Å². The summed E-state index contributed by atoms with van der Waals surface area (Å²) in [5.41, 5.74) is 0. The van der Waals surface area contributed by atoms with Crippen molar-refractivity contribution in [2.75, 3.05) is 0 Å². The fraction of sp³-hybridized carbons (Fsp3) is 0.750. The average Bonchev–Trinajstić information content (AvgIpc) is 2.48. The van der Waals surface area contributed by atoms with Crippen LogP contribution in [0.25, 0.3) is 0 Å². The van der Waals surface area contributed by atoms with Crippen LogP contribution in [0.2, 0.25) is 0 Å². The van der Waals surface area contributed by atoms with Gasteiger partial charge in [-0.2, -0.15) is 0 Å². The molecule has 1 heterocycles. The van der Waals surface area contributed by atoms with Gasteiger partial charge in [-0.05, 0) is 19.3 Å². The summed E-state index contributed by atoms with van der Waals surface area (Å²) >= 11 is 0. The maximum Gasteiger partial charge on any atom is 0.320 e. The van der Waals surface area contributed by atoms with Crippen LogP contribution in [0.15, 0.2) is 0 Å². The molecule has 3 N–H and O–H groups in total. The molecule has 0 aromatic rings. The van der Waals surface area contributed by atoms with Gasteiger partial charge >= 0.3 is 11.9 Å². The monoisotopic (exact) mass is 187 g/mol. The molecule has 1 aliphatic rings. The van der Waals surface area contributed by atoms with E-state index < -0.39 is 18.0 Å². The maximum atomic E-state index is 10.5. The van der Waals surface area contributed by atoms with Crippen molar-refractivity contribution in [3.63, 3.8) is 0 Å². The van der Waals surface area contributed by atoms with Crippen LogP contribution < -0.4 is 5.32 Å². The van der Waals surface area contributed by atoms with Gasteiger partial charge in [0.25, 0.3) is 0 Å². The van der Waals surface area contributed by atoms with Crippen molar-refractivity contribution in [1.29, 1.82) is 0 Å². The first-order valence-electron chi connectivity index (χ1n) is 4.30. The molecule has 13 heavy (non-hydrogen) atoms. The van der Waals surface area contributed by atoms with Gasteiger partial charge in [0.1, 0.15) is 6.04 Å². The predicted molar refractivity (Wildman–Crippen MR) is 44.5 cm³/mol. The first-order chi connectivity index (χ1) is 6.09. The molecule has 0 amide bonds. The lowest BCUT2D eigenvalue weighted by Gasteiger charge is -2.09. The molecule has 74 valence electrons. The Morgan fingerprint density at radius 3 is 2.46 bits per heavy atom. The molecule has 5 nitrogen and oxygen atoms in total. The molecule has 2 atom stereocenters. The molecule has 0 bridgehead atoms. The van der Waals surface area contributed by atoms with Crippen LogP contribution in [0, 0.1) is 0 Å². The average molecular weight is 187 g/mol. The number of carboxylic acids is 2. The quantitative estimate of drug-likeness (QED) is 0.579. The van der Waals surface area contributed by atoms with Crippen molar-refractivity contribution < 1.29 is 19.8 Å². The van der Waals surface area contributed by atoms with E-state index in [1.807, 2.05) is 0 Å². The Morgan fingerprint density at radius 1 is 1.31 bits per heavy atom. The summed E-state index contributed by atoms with van der Waals surface area (Å²) in [6.07, 6.45) is 1.97. The van der Waals surface area contributed by atoms with Gasteiger partial charge in [-0.15, -0.1) is 0 Å². The Labute approximate surface area is 75.7 Å². The van der Waals surface area contributed by atoms with E-state index in [1.165, 1.54) is 0 Å². The molecule has 1 aliphatic heterocycles. The Morgan fingerprint density at radius 2 is 2.00 bits per heavy atom. The molecular formula is C8H13NO4. The van der Waals surface area contributed by atoms with Gasteiger partial charge in [0.15, 0.2) is 0 Å². The predicted octanol–water partition coefficient (Wildman–Crippen LogP) is 0.0564. The largest absolute Gasteiger partial charge is 0.481 e. The van der Waals surface area contributed by atoms with Crippen molar-refractivity contribution in [2.45, 2.75) is 37.8 Å². The van der Waals surface area contributed by atoms with Gasteiger partial charge in [0.2, 0.25) is 0 Å². The first-order valence-corrected chi connectivity index (χ1v) is 4.30. The van der Waals surface area contributed by atoms with Gasteiger partial charge in [-0.25, -0.2) is 0 Å². The molecule has 0 aromatic carbocycles. The van der Waals surface area contributed by atoms with E-state index in [0.717, 1.165) is 6.42 Å². The zero-order valence-electron chi connectivity index (χ0n) is 7.19. The van der Waals surface area contributed by atoms with Gasteiger partial charge < -0.3 is 15.5 Å². The number of carboxylic acid groups (broad SMARTS) is 2. The minimum Gasteiger partial charge on any atom is -0.481 e. The summed E-state index contributed by atoms with van der Waals surface area (Å²) < 4.78 is 0. The molecule has 1 rings (SSSR count). The Bertz CT molecular complexity index is 216. The van der Waals surface area contributed by atoms with Gasteiger partial charge in [0.05, 0.1) is 0 Å². The highest BCUT2D eigenvalue weighted by Crippen LogP contribution is 2.16. The smallest absolute Gasteiger partial charge is 0.320 e. The van der Waals surface area contributed by atoms with E-state index in [0.29, 0.717) is 12.8 Å². The SMILES string of the molecule is O=C(O)CC[C@@H]1CC[C@@H](C(=O)O)N1. The van der Waals surface area contributed by atoms with E-state index in [9.17, 15) is 9.59 Å². The fourth-order valence-corrected chi connectivity index (χ4v) is 1.54. The highest BCUT2D eigenvalue weighted by Gasteiger charge is 2.28. The van der Waals surface area contributed by atoms with Crippen LogP contribution >= 0.6 is 0 Å². The molecule has 0 unspecified atom stereocenters. The Hall–Kier alpha value is -1.10. The van der Waals surface area contributed by atoms with Crippen LogP contribution in [-0.4, -0.2) is 34.2 Å². The van der Waals surface area contributed by atoms with E-state index in [-0.39, 0.29) is 12.5 Å². The molecule has 0 radical (unpaired) electrons. The van der Waals surface area contributed by atoms with Crippen LogP contribution in [0.4, 0.5) is 0 Å². The summed E-state index contributed by atoms with van der Waals surface area (Å²) in [5, 5.41) is 19.9. The number of hydrogen-bond acceptors (Lipinski definition) is 3. The lowest BCUT2D eigenvalue weighted by molar-refractivity contribution is -0.139. The summed E-state index contributed by atoms with van der Waals surface area (Å²) in [6.45, 7) is 0. The first kappa shape index (κ1) is 9.98. The molecule has 0 aromatic heterocycles. The number of hydrogen-bond donors (Lipinski definition) is 3. The number of aliphatic carboxylic acids is 2. The maximum absolute atomic E-state index is 10.5. The standard InChI is InChI=1S/C8H13NO4/c10-7(11)4-2-5-1-3-6(9-5)8(12)13/h5-6,9H,1-4H2,(H,10,11)(H,12,13)/t5-,6-/m0/s1. The van der Waals surface area contributed by atoms with Crippen molar-refractivity contribution in [1.82, 2.24) is 5.32 Å². The molecule has 1 saturated heterocycles. The van der Waals surface area contributed by atoms with E-state index in [2.05, 4.69) is 5.32 Å². The molecule has 0 spiro atoms. The molecule has 5 heteroatoms. The second-order valence-electron chi connectivity index (χ2n) is 3.26. The second-order valence-corrected chi connectivity index (χ2v) is 3.26. The number of rotatable bonds is 4. The third kappa shape index (κ3) is 3.02. The van der Waals surface area contributed by atoms with Crippen LogP contribution in [0.1, 0.15) is 25.7 Å². The third-order valence-electron chi connectivity index (χ3n) is 2.25. The van der Waals surface area contributed by atoms with Crippen molar-refractivity contribution >= 4 is 11.9 Å². The van der Waals surface area contributed by atoms with Crippen molar-refractivity contribution in [3.8, 4) is 0 Å². The molecular weight excluding hydrogens is 174 g/mol. The topological polar surface area (TPSA) is 86.6 Å². The van der Waals surface area contributed by atoms with Crippen LogP contribution in [-0.2, 0) is 9.59 Å². The normalized spacial score (nSPS) is 27.4. The van der Waals surface area contributed by atoms with E-state index in [4.69, 9.17) is 10.2 Å². The zero-order valence-corrected chi connectivity index (χ0v) is 7.19.